The minimum atomic E-state index is -0.560. The van der Waals surface area contributed by atoms with E-state index < -0.39 is 17.8 Å². The van der Waals surface area contributed by atoms with Gasteiger partial charge in [-0.25, -0.2) is 14.4 Å². The van der Waals surface area contributed by atoms with E-state index in [1.54, 1.807) is 0 Å². The molecule has 6 heteroatoms. The lowest BCUT2D eigenvalue weighted by Gasteiger charge is -2.18. The molecule has 15 heavy (non-hydrogen) atoms. The molecule has 1 heterocycles. The van der Waals surface area contributed by atoms with Gasteiger partial charge in [-0.15, -0.1) is 0 Å². The molecule has 0 fully saturated rings. The van der Waals surface area contributed by atoms with E-state index in [0.29, 0.717) is 0 Å². The summed E-state index contributed by atoms with van der Waals surface area (Å²) in [6, 6.07) is -0.560. The number of amides is 1. The van der Waals surface area contributed by atoms with Crippen LogP contribution in [0.25, 0.3) is 0 Å². The molecule has 0 aliphatic carbocycles. The van der Waals surface area contributed by atoms with Crippen molar-refractivity contribution in [3.05, 3.63) is 18.2 Å². The van der Waals surface area contributed by atoms with Crippen molar-refractivity contribution in [2.45, 2.75) is 19.9 Å². The van der Waals surface area contributed by atoms with E-state index in [-0.39, 0.29) is 11.9 Å². The maximum Gasteiger partial charge on any atom is 0.240 e. The van der Waals surface area contributed by atoms with Crippen molar-refractivity contribution in [1.82, 2.24) is 9.97 Å². The average molecular weight is 212 g/mol. The zero-order chi connectivity index (χ0) is 11.4. The second-order valence-corrected chi connectivity index (χ2v) is 3.49. The van der Waals surface area contributed by atoms with Crippen LogP contribution in [0.4, 0.5) is 10.3 Å². The number of nitrogens with zero attached hydrogens (tertiary/aromatic N) is 2. The van der Waals surface area contributed by atoms with Crippen LogP contribution in [-0.4, -0.2) is 21.9 Å². The molecule has 1 atom stereocenters. The van der Waals surface area contributed by atoms with E-state index in [0.717, 1.165) is 12.4 Å². The van der Waals surface area contributed by atoms with E-state index in [1.807, 2.05) is 13.8 Å². The van der Waals surface area contributed by atoms with E-state index in [1.165, 1.54) is 0 Å². The van der Waals surface area contributed by atoms with Gasteiger partial charge in [-0.2, -0.15) is 0 Å². The van der Waals surface area contributed by atoms with Crippen LogP contribution in [0.3, 0.4) is 0 Å². The van der Waals surface area contributed by atoms with E-state index in [2.05, 4.69) is 15.3 Å². The smallest absolute Gasteiger partial charge is 0.240 e. The molecule has 3 N–H and O–H groups in total. The summed E-state index contributed by atoms with van der Waals surface area (Å²) < 4.78 is 12.5. The minimum absolute atomic E-state index is 0.0103. The fourth-order valence-electron chi connectivity index (χ4n) is 1.09. The third-order valence-electron chi connectivity index (χ3n) is 1.88. The van der Waals surface area contributed by atoms with Gasteiger partial charge in [0.05, 0.1) is 12.4 Å². The first-order valence-electron chi connectivity index (χ1n) is 4.54. The molecular formula is C9H13FN4O. The molecule has 5 nitrogen and oxygen atoms in total. The maximum absolute atomic E-state index is 12.5. The Kier molecular flexibility index (Phi) is 3.54. The van der Waals surface area contributed by atoms with E-state index >= 15 is 0 Å². The van der Waals surface area contributed by atoms with Gasteiger partial charge in [-0.05, 0) is 5.92 Å². The molecule has 0 radical (unpaired) electrons. The predicted octanol–water partition coefficient (Wildman–Crippen LogP) is 0.538. The van der Waals surface area contributed by atoms with Gasteiger partial charge < -0.3 is 11.1 Å². The van der Waals surface area contributed by atoms with Crippen LogP contribution >= 0.6 is 0 Å². The number of nitrogens with two attached hydrogens (primary N) is 1. The number of primary amides is 1. The van der Waals surface area contributed by atoms with Crippen molar-refractivity contribution >= 4 is 11.9 Å². The van der Waals surface area contributed by atoms with Gasteiger partial charge in [0.2, 0.25) is 11.9 Å². The minimum Gasteiger partial charge on any atom is -0.368 e. The first-order valence-corrected chi connectivity index (χ1v) is 4.54. The van der Waals surface area contributed by atoms with Gasteiger partial charge in [-0.1, -0.05) is 13.8 Å². The highest BCUT2D eigenvalue weighted by atomic mass is 19.1. The van der Waals surface area contributed by atoms with Crippen LogP contribution in [0, 0.1) is 11.7 Å². The molecule has 1 unspecified atom stereocenters. The fraction of sp³-hybridized carbons (Fsp3) is 0.444. The van der Waals surface area contributed by atoms with Crippen LogP contribution in [0.1, 0.15) is 13.8 Å². The number of aromatic nitrogens is 2. The van der Waals surface area contributed by atoms with Crippen LogP contribution < -0.4 is 11.1 Å². The van der Waals surface area contributed by atoms with Gasteiger partial charge in [-0.3, -0.25) is 4.79 Å². The first kappa shape index (κ1) is 11.4. The Labute approximate surface area is 86.9 Å². The van der Waals surface area contributed by atoms with Gasteiger partial charge in [0.1, 0.15) is 6.04 Å². The number of carbonyl (C=O) groups excluding carboxylic acids is 1. The van der Waals surface area contributed by atoms with E-state index in [9.17, 15) is 9.18 Å². The SMILES string of the molecule is CC(C)C(Nc1ncc(F)cn1)C(N)=O. The Bertz CT molecular complexity index is 338. The Morgan fingerprint density at radius 1 is 1.47 bits per heavy atom. The maximum atomic E-state index is 12.5. The van der Waals surface area contributed by atoms with Crippen molar-refractivity contribution in [2.24, 2.45) is 11.7 Å². The lowest BCUT2D eigenvalue weighted by molar-refractivity contribution is -0.119. The second kappa shape index (κ2) is 4.68. The van der Waals surface area contributed by atoms with Crippen LogP contribution in [0.2, 0.25) is 0 Å². The summed E-state index contributed by atoms with van der Waals surface area (Å²) in [7, 11) is 0. The van der Waals surface area contributed by atoms with Gasteiger partial charge in [0.15, 0.2) is 5.82 Å². The van der Waals surface area contributed by atoms with Gasteiger partial charge in [0, 0.05) is 0 Å². The standard InChI is InChI=1S/C9H13FN4O/c1-5(2)7(8(11)15)14-9-12-3-6(10)4-13-9/h3-5,7H,1-2H3,(H2,11,15)(H,12,13,14). The monoisotopic (exact) mass is 212 g/mol. The largest absolute Gasteiger partial charge is 0.368 e. The third-order valence-corrected chi connectivity index (χ3v) is 1.88. The van der Waals surface area contributed by atoms with Crippen LogP contribution in [-0.2, 0) is 4.79 Å². The summed E-state index contributed by atoms with van der Waals surface area (Å²) in [5.41, 5.74) is 5.18. The predicted molar refractivity (Wildman–Crippen MR) is 53.4 cm³/mol. The molecule has 0 saturated carbocycles. The Hall–Kier alpha value is -1.72. The van der Waals surface area contributed by atoms with Gasteiger partial charge in [0.25, 0.3) is 0 Å². The summed E-state index contributed by atoms with van der Waals surface area (Å²) in [5, 5.41) is 2.74. The highest BCUT2D eigenvalue weighted by Gasteiger charge is 2.19. The summed E-state index contributed by atoms with van der Waals surface area (Å²) in [6.07, 6.45) is 2.04. The molecule has 0 spiro atoms. The molecular weight excluding hydrogens is 199 g/mol. The van der Waals surface area contributed by atoms with Crippen molar-refractivity contribution in [1.29, 1.82) is 0 Å². The topological polar surface area (TPSA) is 80.9 Å². The molecule has 1 rings (SSSR count). The van der Waals surface area contributed by atoms with Crippen molar-refractivity contribution < 1.29 is 9.18 Å². The summed E-state index contributed by atoms with van der Waals surface area (Å²) in [4.78, 5) is 18.4. The molecule has 1 aromatic rings. The lowest BCUT2D eigenvalue weighted by atomic mass is 10.0. The van der Waals surface area contributed by atoms with Gasteiger partial charge >= 0.3 is 0 Å². The lowest BCUT2D eigenvalue weighted by Crippen LogP contribution is -2.40. The zero-order valence-corrected chi connectivity index (χ0v) is 8.57. The summed E-state index contributed by atoms with van der Waals surface area (Å²) >= 11 is 0. The van der Waals surface area contributed by atoms with Crippen LogP contribution in [0.15, 0.2) is 12.4 Å². The summed E-state index contributed by atoms with van der Waals surface area (Å²) in [5.74, 6) is -0.816. The quantitative estimate of drug-likeness (QED) is 0.763. The molecule has 0 aliphatic heterocycles. The molecule has 0 saturated heterocycles. The molecule has 82 valence electrons. The number of hydrogen-bond acceptors (Lipinski definition) is 4. The first-order chi connectivity index (χ1) is 7.00. The Morgan fingerprint density at radius 3 is 2.40 bits per heavy atom. The fourth-order valence-corrected chi connectivity index (χ4v) is 1.09. The summed E-state index contributed by atoms with van der Waals surface area (Å²) in [6.45, 7) is 3.68. The second-order valence-electron chi connectivity index (χ2n) is 3.49. The van der Waals surface area contributed by atoms with Crippen LogP contribution in [0.5, 0.6) is 0 Å². The Balaban J connectivity index is 2.74. The van der Waals surface area contributed by atoms with Crippen molar-refractivity contribution in [3.8, 4) is 0 Å². The number of nitrogens with one attached hydrogen (secondary N) is 1. The zero-order valence-electron chi connectivity index (χ0n) is 8.57. The third kappa shape index (κ3) is 3.16. The molecule has 0 bridgehead atoms. The number of anilines is 1. The molecule has 1 aromatic heterocycles. The van der Waals surface area contributed by atoms with Crippen molar-refractivity contribution in [2.75, 3.05) is 5.32 Å². The molecule has 1 amide bonds. The highest BCUT2D eigenvalue weighted by molar-refractivity contribution is 5.82. The number of carbonyl (C=O) groups is 1. The van der Waals surface area contributed by atoms with Crippen molar-refractivity contribution in [3.63, 3.8) is 0 Å². The highest BCUT2D eigenvalue weighted by Crippen LogP contribution is 2.07. The Morgan fingerprint density at radius 2 is 2.00 bits per heavy atom. The molecule has 0 aromatic carbocycles. The molecule has 0 aliphatic rings. The number of hydrogen-bond donors (Lipinski definition) is 2. The normalized spacial score (nSPS) is 12.5. The van der Waals surface area contributed by atoms with E-state index in [4.69, 9.17) is 5.73 Å². The number of rotatable bonds is 4. The number of halogens is 1. The average Bonchev–Trinajstić information content (AvgIpc) is 2.15.